The van der Waals surface area contributed by atoms with E-state index >= 15 is 0 Å². The SMILES string of the molecule is Oc1ccc(CCNC2CCC3(CC2)OCCO3)cc1. The summed E-state index contributed by atoms with van der Waals surface area (Å²) in [6, 6.07) is 8.02. The third-order valence-electron chi connectivity index (χ3n) is 4.34. The van der Waals surface area contributed by atoms with Gasteiger partial charge in [-0.2, -0.15) is 0 Å². The van der Waals surface area contributed by atoms with Crippen molar-refractivity contribution < 1.29 is 14.6 Å². The Kier molecular flexibility index (Phi) is 4.24. The second-order valence-electron chi connectivity index (χ2n) is 5.75. The number of hydrogen-bond acceptors (Lipinski definition) is 4. The molecule has 1 aliphatic heterocycles. The molecule has 0 atom stereocenters. The first-order valence-electron chi connectivity index (χ1n) is 7.55. The molecule has 1 aliphatic carbocycles. The van der Waals surface area contributed by atoms with E-state index in [0.29, 0.717) is 11.8 Å². The Morgan fingerprint density at radius 3 is 2.40 bits per heavy atom. The summed E-state index contributed by atoms with van der Waals surface area (Å²) in [7, 11) is 0. The van der Waals surface area contributed by atoms with Gasteiger partial charge >= 0.3 is 0 Å². The van der Waals surface area contributed by atoms with Gasteiger partial charge in [0.05, 0.1) is 13.2 Å². The molecule has 2 N–H and O–H groups in total. The standard InChI is InChI=1S/C16H23NO3/c18-15-3-1-13(2-4-15)7-10-17-14-5-8-16(9-6-14)19-11-12-20-16/h1-4,14,17-18H,5-12H2. The molecule has 0 bridgehead atoms. The molecule has 3 rings (SSSR count). The highest BCUT2D eigenvalue weighted by Crippen LogP contribution is 2.35. The monoisotopic (exact) mass is 277 g/mol. The number of ether oxygens (including phenoxy) is 2. The third-order valence-corrected chi connectivity index (χ3v) is 4.34. The molecule has 1 saturated heterocycles. The molecule has 0 amide bonds. The minimum absolute atomic E-state index is 0.255. The Hall–Kier alpha value is -1.10. The van der Waals surface area contributed by atoms with Gasteiger partial charge in [0.2, 0.25) is 0 Å². The highest BCUT2D eigenvalue weighted by molar-refractivity contribution is 5.25. The highest BCUT2D eigenvalue weighted by Gasteiger charge is 2.39. The van der Waals surface area contributed by atoms with Crippen molar-refractivity contribution in [2.45, 2.75) is 43.9 Å². The van der Waals surface area contributed by atoms with Gasteiger partial charge in [0.1, 0.15) is 5.75 Å². The van der Waals surface area contributed by atoms with Gasteiger partial charge < -0.3 is 19.9 Å². The molecular formula is C16H23NO3. The molecule has 4 heteroatoms. The lowest BCUT2D eigenvalue weighted by Gasteiger charge is -2.35. The average Bonchev–Trinajstić information content (AvgIpc) is 2.92. The van der Waals surface area contributed by atoms with Crippen LogP contribution in [0.3, 0.4) is 0 Å². The molecule has 1 aromatic carbocycles. The molecule has 1 aromatic rings. The fourth-order valence-corrected chi connectivity index (χ4v) is 3.13. The van der Waals surface area contributed by atoms with Gasteiger partial charge in [-0.3, -0.25) is 0 Å². The normalized spacial score (nSPS) is 22.4. The molecule has 0 aromatic heterocycles. The van der Waals surface area contributed by atoms with Crippen molar-refractivity contribution in [3.8, 4) is 5.75 Å². The van der Waals surface area contributed by atoms with Gasteiger partial charge in [0.25, 0.3) is 0 Å². The molecule has 1 saturated carbocycles. The molecule has 2 fully saturated rings. The van der Waals surface area contributed by atoms with Gasteiger partial charge in [0, 0.05) is 18.9 Å². The Balaban J connectivity index is 1.38. The van der Waals surface area contributed by atoms with E-state index in [9.17, 15) is 5.11 Å². The van der Waals surface area contributed by atoms with Crippen LogP contribution < -0.4 is 5.32 Å². The lowest BCUT2D eigenvalue weighted by molar-refractivity contribution is -0.179. The van der Waals surface area contributed by atoms with Crippen LogP contribution in [0, 0.1) is 0 Å². The zero-order chi connectivity index (χ0) is 13.8. The summed E-state index contributed by atoms with van der Waals surface area (Å²) >= 11 is 0. The van der Waals surface area contributed by atoms with E-state index in [1.807, 2.05) is 12.1 Å². The average molecular weight is 277 g/mol. The van der Waals surface area contributed by atoms with Crippen LogP contribution >= 0.6 is 0 Å². The minimum Gasteiger partial charge on any atom is -0.508 e. The fourth-order valence-electron chi connectivity index (χ4n) is 3.13. The first-order chi connectivity index (χ1) is 9.76. The molecule has 1 spiro atoms. The summed E-state index contributed by atoms with van der Waals surface area (Å²) in [6.45, 7) is 2.47. The maximum atomic E-state index is 9.25. The smallest absolute Gasteiger partial charge is 0.168 e. The predicted molar refractivity (Wildman–Crippen MR) is 76.7 cm³/mol. The Morgan fingerprint density at radius 2 is 1.75 bits per heavy atom. The van der Waals surface area contributed by atoms with Crippen molar-refractivity contribution >= 4 is 0 Å². The summed E-state index contributed by atoms with van der Waals surface area (Å²) in [4.78, 5) is 0. The van der Waals surface area contributed by atoms with Gasteiger partial charge in [0.15, 0.2) is 5.79 Å². The topological polar surface area (TPSA) is 50.7 Å². The van der Waals surface area contributed by atoms with Crippen molar-refractivity contribution in [1.29, 1.82) is 0 Å². The van der Waals surface area contributed by atoms with Gasteiger partial charge in [-0.15, -0.1) is 0 Å². The van der Waals surface area contributed by atoms with E-state index < -0.39 is 0 Å². The second kappa shape index (κ2) is 6.12. The van der Waals surface area contributed by atoms with E-state index in [4.69, 9.17) is 9.47 Å². The van der Waals surface area contributed by atoms with Crippen LogP contribution in [-0.4, -0.2) is 36.7 Å². The second-order valence-corrected chi connectivity index (χ2v) is 5.75. The van der Waals surface area contributed by atoms with Crippen molar-refractivity contribution in [1.82, 2.24) is 5.32 Å². The van der Waals surface area contributed by atoms with Crippen molar-refractivity contribution in [2.24, 2.45) is 0 Å². The number of nitrogens with one attached hydrogen (secondary N) is 1. The summed E-state index contributed by atoms with van der Waals surface area (Å²) in [5.74, 6) is 0.0747. The van der Waals surface area contributed by atoms with Crippen LogP contribution in [0.25, 0.3) is 0 Å². The maximum Gasteiger partial charge on any atom is 0.168 e. The lowest BCUT2D eigenvalue weighted by atomic mass is 9.90. The van der Waals surface area contributed by atoms with Crippen LogP contribution in [0.1, 0.15) is 31.2 Å². The third kappa shape index (κ3) is 3.32. The zero-order valence-corrected chi connectivity index (χ0v) is 11.8. The summed E-state index contributed by atoms with van der Waals surface area (Å²) in [6.07, 6.45) is 5.24. The quantitative estimate of drug-likeness (QED) is 0.886. The number of phenolic OH excluding ortho intramolecular Hbond substituents is 1. The van der Waals surface area contributed by atoms with Crippen LogP contribution in [0.15, 0.2) is 24.3 Å². The Bertz CT molecular complexity index is 416. The number of benzene rings is 1. The van der Waals surface area contributed by atoms with Crippen LogP contribution in [-0.2, 0) is 15.9 Å². The summed E-state index contributed by atoms with van der Waals surface area (Å²) < 4.78 is 11.5. The lowest BCUT2D eigenvalue weighted by Crippen LogP contribution is -2.42. The molecule has 20 heavy (non-hydrogen) atoms. The zero-order valence-electron chi connectivity index (χ0n) is 11.8. The minimum atomic E-state index is -0.255. The van der Waals surface area contributed by atoms with E-state index in [2.05, 4.69) is 5.32 Å². The molecular weight excluding hydrogens is 254 g/mol. The van der Waals surface area contributed by atoms with Crippen LogP contribution in [0.5, 0.6) is 5.75 Å². The number of rotatable bonds is 4. The highest BCUT2D eigenvalue weighted by atomic mass is 16.7. The van der Waals surface area contributed by atoms with E-state index in [1.165, 1.54) is 5.56 Å². The van der Waals surface area contributed by atoms with E-state index in [0.717, 1.165) is 51.9 Å². The molecule has 0 radical (unpaired) electrons. The van der Waals surface area contributed by atoms with E-state index in [1.54, 1.807) is 12.1 Å². The largest absolute Gasteiger partial charge is 0.508 e. The predicted octanol–water partition coefficient (Wildman–Crippen LogP) is 2.21. The first-order valence-corrected chi connectivity index (χ1v) is 7.55. The van der Waals surface area contributed by atoms with Crippen molar-refractivity contribution in [3.63, 3.8) is 0 Å². The van der Waals surface area contributed by atoms with Gasteiger partial charge in [-0.05, 0) is 43.5 Å². The van der Waals surface area contributed by atoms with Crippen LogP contribution in [0.4, 0.5) is 0 Å². The van der Waals surface area contributed by atoms with Gasteiger partial charge in [-0.1, -0.05) is 12.1 Å². The molecule has 4 nitrogen and oxygen atoms in total. The van der Waals surface area contributed by atoms with Gasteiger partial charge in [-0.25, -0.2) is 0 Å². The number of hydrogen-bond donors (Lipinski definition) is 2. The number of aromatic hydroxyl groups is 1. The Labute approximate surface area is 120 Å². The Morgan fingerprint density at radius 1 is 1.10 bits per heavy atom. The van der Waals surface area contributed by atoms with Crippen molar-refractivity contribution in [2.75, 3.05) is 19.8 Å². The molecule has 2 aliphatic rings. The van der Waals surface area contributed by atoms with Crippen molar-refractivity contribution in [3.05, 3.63) is 29.8 Å². The van der Waals surface area contributed by atoms with Crippen LogP contribution in [0.2, 0.25) is 0 Å². The summed E-state index contributed by atoms with van der Waals surface area (Å²) in [5, 5.41) is 12.9. The maximum absolute atomic E-state index is 9.25. The molecule has 0 unspecified atom stereocenters. The molecule has 110 valence electrons. The molecule has 1 heterocycles. The first kappa shape index (κ1) is 13.9. The van der Waals surface area contributed by atoms with E-state index in [-0.39, 0.29) is 5.79 Å². The fraction of sp³-hybridized carbons (Fsp3) is 0.625. The summed E-state index contributed by atoms with van der Waals surface area (Å²) in [5.41, 5.74) is 1.25. The number of phenols is 1.